The van der Waals surface area contributed by atoms with E-state index in [1.54, 1.807) is 19.1 Å². The molecule has 6 nitrogen and oxygen atoms in total. The number of carbonyl (C=O) groups is 2. The first-order valence-electron chi connectivity index (χ1n) is 11.6. The van der Waals surface area contributed by atoms with Crippen LogP contribution in [-0.2, 0) is 9.59 Å². The van der Waals surface area contributed by atoms with Crippen LogP contribution in [0.5, 0.6) is 0 Å². The molecule has 3 aromatic rings. The lowest BCUT2D eigenvalue weighted by atomic mass is 9.85. The van der Waals surface area contributed by atoms with E-state index in [0.717, 1.165) is 27.2 Å². The van der Waals surface area contributed by atoms with Crippen LogP contribution in [0.2, 0.25) is 0 Å². The van der Waals surface area contributed by atoms with Crippen molar-refractivity contribution in [3.05, 3.63) is 123 Å². The summed E-state index contributed by atoms with van der Waals surface area (Å²) in [6.45, 7) is 1.64. The van der Waals surface area contributed by atoms with Gasteiger partial charge in [0.25, 0.3) is 5.69 Å². The van der Waals surface area contributed by atoms with Crippen LogP contribution in [0.3, 0.4) is 0 Å². The van der Waals surface area contributed by atoms with Crippen molar-refractivity contribution in [1.82, 2.24) is 0 Å². The van der Waals surface area contributed by atoms with Crippen LogP contribution in [-0.4, -0.2) is 16.7 Å². The Hall–Kier alpha value is -4.32. The van der Waals surface area contributed by atoms with Crippen LogP contribution in [0.25, 0.3) is 5.57 Å². The molecule has 3 aromatic carbocycles. The minimum absolute atomic E-state index is 0.0997. The fraction of sp³-hybridized carbons (Fsp3) is 0.172. The number of amides is 2. The molecule has 1 heterocycles. The first kappa shape index (κ1) is 21.2. The average molecular weight is 463 g/mol. The highest BCUT2D eigenvalue weighted by molar-refractivity contribution is 6.23. The lowest BCUT2D eigenvalue weighted by molar-refractivity contribution is -0.385. The molecule has 6 heteroatoms. The van der Waals surface area contributed by atoms with Crippen molar-refractivity contribution in [1.29, 1.82) is 0 Å². The number of carbonyl (C=O) groups excluding carboxylic acids is 2. The van der Waals surface area contributed by atoms with Gasteiger partial charge < -0.3 is 0 Å². The summed E-state index contributed by atoms with van der Waals surface area (Å²) in [7, 11) is 0. The van der Waals surface area contributed by atoms with E-state index in [4.69, 9.17) is 0 Å². The molecule has 172 valence electrons. The van der Waals surface area contributed by atoms with Crippen LogP contribution in [0, 0.1) is 40.7 Å². The largest absolute Gasteiger partial charge is 0.274 e. The number of nitro benzene ring substituents is 1. The molecule has 0 spiro atoms. The lowest BCUT2D eigenvalue weighted by Gasteiger charge is -2.21. The summed E-state index contributed by atoms with van der Waals surface area (Å²) in [5.41, 5.74) is 4.93. The number of fused-ring (bicyclic) bond motifs is 5. The maximum atomic E-state index is 13.7. The highest BCUT2D eigenvalue weighted by Gasteiger charge is 2.62. The zero-order chi connectivity index (χ0) is 24.3. The Balaban J connectivity index is 1.46. The van der Waals surface area contributed by atoms with Gasteiger partial charge in [0.15, 0.2) is 0 Å². The smallest absolute Gasteiger partial charge is 0.274 e. The Bertz CT molecular complexity index is 1370. The summed E-state index contributed by atoms with van der Waals surface area (Å²) in [6.07, 6.45) is 4.11. The highest BCUT2D eigenvalue weighted by Crippen LogP contribution is 2.59. The molecule has 0 radical (unpaired) electrons. The fourth-order valence-electron chi connectivity index (χ4n) is 5.99. The number of hydrogen-bond acceptors (Lipinski definition) is 4. The zero-order valence-electron chi connectivity index (χ0n) is 19.0. The predicted octanol–water partition coefficient (Wildman–Crippen LogP) is 5.33. The van der Waals surface area contributed by atoms with E-state index in [1.807, 2.05) is 36.4 Å². The lowest BCUT2D eigenvalue weighted by Crippen LogP contribution is -2.33. The van der Waals surface area contributed by atoms with Crippen molar-refractivity contribution in [2.24, 2.45) is 23.7 Å². The second-order valence-corrected chi connectivity index (χ2v) is 9.29. The third-order valence-electron chi connectivity index (χ3n) is 7.48. The molecule has 2 aliphatic carbocycles. The number of allylic oxidation sites excluding steroid dienone is 3. The zero-order valence-corrected chi connectivity index (χ0v) is 19.0. The van der Waals surface area contributed by atoms with E-state index in [9.17, 15) is 19.7 Å². The van der Waals surface area contributed by atoms with Gasteiger partial charge in [-0.1, -0.05) is 78.9 Å². The summed E-state index contributed by atoms with van der Waals surface area (Å²) in [5, 5.41) is 11.5. The van der Waals surface area contributed by atoms with Gasteiger partial charge in [-0.25, -0.2) is 4.90 Å². The molecule has 0 unspecified atom stereocenters. The van der Waals surface area contributed by atoms with Gasteiger partial charge in [0.2, 0.25) is 11.8 Å². The third-order valence-corrected chi connectivity index (χ3v) is 7.48. The Morgan fingerprint density at radius 1 is 0.800 bits per heavy atom. The van der Waals surface area contributed by atoms with Gasteiger partial charge in [0.05, 0.1) is 22.4 Å². The summed E-state index contributed by atoms with van der Waals surface area (Å²) >= 11 is 0. The Labute approximate surface area is 202 Å². The molecule has 1 saturated heterocycles. The van der Waals surface area contributed by atoms with Crippen molar-refractivity contribution in [3.63, 3.8) is 0 Å². The Morgan fingerprint density at radius 2 is 1.31 bits per heavy atom. The van der Waals surface area contributed by atoms with Crippen molar-refractivity contribution in [2.75, 3.05) is 4.90 Å². The molecule has 0 aromatic heterocycles. The van der Waals surface area contributed by atoms with Gasteiger partial charge in [0.1, 0.15) is 0 Å². The fourth-order valence-corrected chi connectivity index (χ4v) is 5.99. The molecule has 6 rings (SSSR count). The molecule has 1 aliphatic heterocycles. The highest BCUT2D eigenvalue weighted by atomic mass is 16.6. The van der Waals surface area contributed by atoms with Crippen LogP contribution < -0.4 is 4.90 Å². The molecule has 3 aliphatic rings. The molecule has 35 heavy (non-hydrogen) atoms. The molecule has 2 fully saturated rings. The Morgan fingerprint density at radius 3 is 1.80 bits per heavy atom. The summed E-state index contributed by atoms with van der Waals surface area (Å²) in [4.78, 5) is 39.5. The van der Waals surface area contributed by atoms with Crippen molar-refractivity contribution in [3.8, 4) is 0 Å². The number of benzene rings is 3. The van der Waals surface area contributed by atoms with Crippen molar-refractivity contribution >= 4 is 28.8 Å². The van der Waals surface area contributed by atoms with E-state index in [-0.39, 0.29) is 35.0 Å². The standard InChI is InChI=1S/C29H22N2O4/c1-17-12-13-20(16-23(17)31(34)35)30-28(32)26-21-14-15-22(27(26)29(30)33)25(21)24(18-8-4-2-5-9-18)19-10-6-3-7-11-19/h2-16,21-22,26-27H,1H3/t21-,22+,26-,27-/m0/s1. The number of nitrogens with zero attached hydrogens (tertiary/aromatic N) is 2. The SMILES string of the molecule is Cc1ccc(N2C(=O)[C@@H]3[C@@H](C2=O)[C@H]2C=C[C@@H]3C2=C(c2ccccc2)c2ccccc2)cc1[N+](=O)[O-]. The number of anilines is 1. The monoisotopic (exact) mass is 462 g/mol. The van der Waals surface area contributed by atoms with E-state index < -0.39 is 16.8 Å². The van der Waals surface area contributed by atoms with Crippen LogP contribution >= 0.6 is 0 Å². The number of aryl methyl sites for hydroxylation is 1. The number of hydrogen-bond donors (Lipinski definition) is 0. The normalized spacial score (nSPS) is 24.3. The number of rotatable bonds is 4. The first-order valence-corrected chi connectivity index (χ1v) is 11.6. The van der Waals surface area contributed by atoms with Gasteiger partial charge in [0, 0.05) is 23.5 Å². The van der Waals surface area contributed by atoms with Gasteiger partial charge in [-0.05, 0) is 35.3 Å². The van der Waals surface area contributed by atoms with Gasteiger partial charge in [-0.15, -0.1) is 0 Å². The average Bonchev–Trinajstić information content (AvgIpc) is 3.50. The number of imide groups is 1. The predicted molar refractivity (Wildman–Crippen MR) is 132 cm³/mol. The van der Waals surface area contributed by atoms with Gasteiger partial charge in [-0.3, -0.25) is 19.7 Å². The molecule has 4 atom stereocenters. The first-order chi connectivity index (χ1) is 17.0. The summed E-state index contributed by atoms with van der Waals surface area (Å²) < 4.78 is 0. The van der Waals surface area contributed by atoms with E-state index in [2.05, 4.69) is 36.4 Å². The quantitative estimate of drug-likeness (QED) is 0.227. The topological polar surface area (TPSA) is 80.5 Å². The van der Waals surface area contributed by atoms with E-state index in [1.165, 1.54) is 6.07 Å². The Kier molecular flexibility index (Phi) is 4.78. The van der Waals surface area contributed by atoms with Crippen molar-refractivity contribution < 1.29 is 14.5 Å². The van der Waals surface area contributed by atoms with Crippen LogP contribution in [0.1, 0.15) is 16.7 Å². The van der Waals surface area contributed by atoms with Gasteiger partial charge in [-0.2, -0.15) is 0 Å². The molecule has 0 N–H and O–H groups in total. The van der Waals surface area contributed by atoms with Crippen molar-refractivity contribution in [2.45, 2.75) is 6.92 Å². The van der Waals surface area contributed by atoms with E-state index in [0.29, 0.717) is 5.56 Å². The maximum Gasteiger partial charge on any atom is 0.274 e. The minimum Gasteiger partial charge on any atom is -0.274 e. The summed E-state index contributed by atoms with van der Waals surface area (Å²) in [5.74, 6) is -1.96. The minimum atomic E-state index is -0.504. The molecule has 2 bridgehead atoms. The van der Waals surface area contributed by atoms with E-state index >= 15 is 0 Å². The van der Waals surface area contributed by atoms with Crippen LogP contribution in [0.15, 0.2) is 96.6 Å². The second-order valence-electron chi connectivity index (χ2n) is 9.29. The summed E-state index contributed by atoms with van der Waals surface area (Å²) in [6, 6.07) is 24.7. The molecular formula is C29H22N2O4. The third kappa shape index (κ3) is 3.10. The van der Waals surface area contributed by atoms with Gasteiger partial charge >= 0.3 is 0 Å². The molecular weight excluding hydrogens is 440 g/mol. The second kappa shape index (κ2) is 7.87. The molecule has 2 amide bonds. The maximum absolute atomic E-state index is 13.7. The van der Waals surface area contributed by atoms with Crippen LogP contribution in [0.4, 0.5) is 11.4 Å². The molecule has 1 saturated carbocycles. The number of nitro groups is 1.